The smallest absolute Gasteiger partial charge is 0.124 e. The highest BCUT2D eigenvalue weighted by atomic mass is 35.5. The minimum atomic E-state index is -0.0269. The average Bonchev–Trinajstić information content (AvgIpc) is 2.26. The maximum absolute atomic E-state index is 7.32. The molecule has 0 aliphatic carbocycles. The van der Waals surface area contributed by atoms with Gasteiger partial charge in [0.15, 0.2) is 0 Å². The average molecular weight is 255 g/mol. The quantitative estimate of drug-likeness (QED) is 0.604. The summed E-state index contributed by atoms with van der Waals surface area (Å²) < 4.78 is 5.64. The van der Waals surface area contributed by atoms with Crippen molar-refractivity contribution in [3.8, 4) is 5.75 Å². The predicted molar refractivity (Wildman–Crippen MR) is 72.0 cm³/mol. The molecule has 1 unspecified atom stereocenters. The molecule has 0 saturated carbocycles. The van der Waals surface area contributed by atoms with E-state index in [1.165, 1.54) is 0 Å². The standard InChI is InChI=1S/C13H19ClN2O/c1-3-4-9(2)8-17-10-5-6-11(13(15)16)12(14)7-10/h5-7,9H,3-4,8H2,1-2H3,(H3,15,16). The molecule has 0 fully saturated rings. The monoisotopic (exact) mass is 254 g/mol. The highest BCUT2D eigenvalue weighted by Crippen LogP contribution is 2.22. The highest BCUT2D eigenvalue weighted by Gasteiger charge is 2.06. The van der Waals surface area contributed by atoms with Crippen molar-refractivity contribution in [3.05, 3.63) is 28.8 Å². The third-order valence-electron chi connectivity index (χ3n) is 2.55. The highest BCUT2D eigenvalue weighted by molar-refractivity contribution is 6.34. The van der Waals surface area contributed by atoms with E-state index in [1.54, 1.807) is 18.2 Å². The SMILES string of the molecule is CCCC(C)COc1ccc(C(=N)N)c(Cl)c1. The van der Waals surface area contributed by atoms with Crippen LogP contribution >= 0.6 is 11.6 Å². The van der Waals surface area contributed by atoms with Crippen molar-refractivity contribution >= 4 is 17.4 Å². The van der Waals surface area contributed by atoms with Gasteiger partial charge in [-0.25, -0.2) is 0 Å². The van der Waals surface area contributed by atoms with Crippen LogP contribution in [0, 0.1) is 11.3 Å². The molecule has 1 rings (SSSR count). The summed E-state index contributed by atoms with van der Waals surface area (Å²) in [4.78, 5) is 0. The fourth-order valence-corrected chi connectivity index (χ4v) is 1.89. The Kier molecular flexibility index (Phi) is 5.29. The molecule has 0 bridgehead atoms. The summed E-state index contributed by atoms with van der Waals surface area (Å²) in [7, 11) is 0. The lowest BCUT2D eigenvalue weighted by atomic mass is 10.1. The van der Waals surface area contributed by atoms with E-state index >= 15 is 0 Å². The maximum atomic E-state index is 7.32. The van der Waals surface area contributed by atoms with Crippen LogP contribution < -0.4 is 10.5 Å². The topological polar surface area (TPSA) is 59.1 Å². The molecule has 0 saturated heterocycles. The summed E-state index contributed by atoms with van der Waals surface area (Å²) in [6, 6.07) is 5.21. The van der Waals surface area contributed by atoms with E-state index in [4.69, 9.17) is 27.5 Å². The first-order valence-electron chi connectivity index (χ1n) is 5.81. The van der Waals surface area contributed by atoms with E-state index < -0.39 is 0 Å². The second-order valence-electron chi connectivity index (χ2n) is 4.26. The normalized spacial score (nSPS) is 12.2. The molecule has 3 N–H and O–H groups in total. The molecule has 0 aromatic heterocycles. The zero-order valence-electron chi connectivity index (χ0n) is 10.3. The summed E-state index contributed by atoms with van der Waals surface area (Å²) in [5.74, 6) is 1.23. The third kappa shape index (κ3) is 4.27. The number of hydrogen-bond donors (Lipinski definition) is 2. The number of nitrogens with two attached hydrogens (primary N) is 1. The number of ether oxygens (including phenoxy) is 1. The van der Waals surface area contributed by atoms with Crippen LogP contribution in [0.2, 0.25) is 5.02 Å². The number of rotatable bonds is 6. The van der Waals surface area contributed by atoms with Gasteiger partial charge in [-0.1, -0.05) is 31.9 Å². The summed E-state index contributed by atoms with van der Waals surface area (Å²) in [5.41, 5.74) is 5.93. The summed E-state index contributed by atoms with van der Waals surface area (Å²) in [6.07, 6.45) is 2.31. The van der Waals surface area contributed by atoms with Gasteiger partial charge in [-0.3, -0.25) is 5.41 Å². The fraction of sp³-hybridized carbons (Fsp3) is 0.462. The van der Waals surface area contributed by atoms with Gasteiger partial charge in [-0.05, 0) is 30.5 Å². The van der Waals surface area contributed by atoms with Gasteiger partial charge < -0.3 is 10.5 Å². The van der Waals surface area contributed by atoms with E-state index in [1.807, 2.05) is 0 Å². The van der Waals surface area contributed by atoms with Crippen molar-refractivity contribution in [2.75, 3.05) is 6.61 Å². The second-order valence-corrected chi connectivity index (χ2v) is 4.67. The molecule has 4 heteroatoms. The minimum Gasteiger partial charge on any atom is -0.493 e. The summed E-state index contributed by atoms with van der Waals surface area (Å²) in [5, 5.41) is 7.78. The Balaban J connectivity index is 2.62. The lowest BCUT2D eigenvalue weighted by Gasteiger charge is -2.13. The van der Waals surface area contributed by atoms with Crippen LogP contribution in [0.1, 0.15) is 32.3 Å². The molecule has 1 aromatic rings. The number of hydrogen-bond acceptors (Lipinski definition) is 2. The van der Waals surface area contributed by atoms with Gasteiger partial charge in [-0.2, -0.15) is 0 Å². The Morgan fingerprint density at radius 3 is 2.76 bits per heavy atom. The van der Waals surface area contributed by atoms with Crippen molar-refractivity contribution in [2.24, 2.45) is 11.7 Å². The van der Waals surface area contributed by atoms with Crippen LogP contribution in [-0.2, 0) is 0 Å². The van der Waals surface area contributed by atoms with Crippen LogP contribution in [0.15, 0.2) is 18.2 Å². The van der Waals surface area contributed by atoms with Gasteiger partial charge in [0.05, 0.1) is 11.6 Å². The number of nitrogens with one attached hydrogen (secondary N) is 1. The molecule has 17 heavy (non-hydrogen) atoms. The molecular formula is C13H19ClN2O. The van der Waals surface area contributed by atoms with Crippen LogP contribution in [-0.4, -0.2) is 12.4 Å². The lowest BCUT2D eigenvalue weighted by Crippen LogP contribution is -2.12. The first-order chi connectivity index (χ1) is 8.04. The van der Waals surface area contributed by atoms with Crippen LogP contribution in [0.5, 0.6) is 5.75 Å². The van der Waals surface area contributed by atoms with E-state index in [0.29, 0.717) is 23.1 Å². The summed E-state index contributed by atoms with van der Waals surface area (Å²) >= 11 is 6.00. The Labute approximate surface area is 107 Å². The Morgan fingerprint density at radius 2 is 2.24 bits per heavy atom. The predicted octanol–water partition coefficient (Wildman–Crippen LogP) is 3.44. The van der Waals surface area contributed by atoms with Crippen LogP contribution in [0.25, 0.3) is 0 Å². The van der Waals surface area contributed by atoms with Crippen LogP contribution in [0.4, 0.5) is 0 Å². The number of amidine groups is 1. The third-order valence-corrected chi connectivity index (χ3v) is 2.86. The largest absolute Gasteiger partial charge is 0.493 e. The Morgan fingerprint density at radius 1 is 1.53 bits per heavy atom. The van der Waals surface area contributed by atoms with E-state index in [2.05, 4.69) is 13.8 Å². The summed E-state index contributed by atoms with van der Waals surface area (Å²) in [6.45, 7) is 5.01. The molecule has 0 aliphatic heterocycles. The van der Waals surface area contributed by atoms with Crippen molar-refractivity contribution in [3.63, 3.8) is 0 Å². The fourth-order valence-electron chi connectivity index (χ4n) is 1.62. The van der Waals surface area contributed by atoms with E-state index in [-0.39, 0.29) is 5.84 Å². The second kappa shape index (κ2) is 6.50. The van der Waals surface area contributed by atoms with Gasteiger partial charge in [-0.15, -0.1) is 0 Å². The van der Waals surface area contributed by atoms with Gasteiger partial charge in [0.1, 0.15) is 11.6 Å². The first-order valence-corrected chi connectivity index (χ1v) is 6.19. The van der Waals surface area contributed by atoms with Crippen molar-refractivity contribution < 1.29 is 4.74 Å². The molecular weight excluding hydrogens is 236 g/mol. The van der Waals surface area contributed by atoms with Crippen LogP contribution in [0.3, 0.4) is 0 Å². The molecule has 0 radical (unpaired) electrons. The lowest BCUT2D eigenvalue weighted by molar-refractivity contribution is 0.251. The number of nitrogen functional groups attached to an aromatic ring is 1. The van der Waals surface area contributed by atoms with Gasteiger partial charge >= 0.3 is 0 Å². The van der Waals surface area contributed by atoms with Gasteiger partial charge in [0.25, 0.3) is 0 Å². The Bertz CT molecular complexity index is 393. The van der Waals surface area contributed by atoms with Gasteiger partial charge in [0.2, 0.25) is 0 Å². The first kappa shape index (κ1) is 13.8. The minimum absolute atomic E-state index is 0.0269. The van der Waals surface area contributed by atoms with Crippen molar-refractivity contribution in [2.45, 2.75) is 26.7 Å². The van der Waals surface area contributed by atoms with E-state index in [0.717, 1.165) is 18.6 Å². The maximum Gasteiger partial charge on any atom is 0.124 e. The Hall–Kier alpha value is -1.22. The zero-order chi connectivity index (χ0) is 12.8. The molecule has 1 aromatic carbocycles. The van der Waals surface area contributed by atoms with Crippen molar-refractivity contribution in [1.82, 2.24) is 0 Å². The van der Waals surface area contributed by atoms with Crippen molar-refractivity contribution in [1.29, 1.82) is 5.41 Å². The van der Waals surface area contributed by atoms with E-state index in [9.17, 15) is 0 Å². The number of halogens is 1. The molecule has 0 spiro atoms. The van der Waals surface area contributed by atoms with Gasteiger partial charge in [0, 0.05) is 5.56 Å². The molecule has 0 amide bonds. The zero-order valence-corrected chi connectivity index (χ0v) is 11.1. The molecule has 94 valence electrons. The number of benzene rings is 1. The molecule has 0 aliphatic rings. The molecule has 0 heterocycles. The molecule has 3 nitrogen and oxygen atoms in total. The molecule has 1 atom stereocenters.